The number of anilines is 1. The summed E-state index contributed by atoms with van der Waals surface area (Å²) in [6.07, 6.45) is 9.63. The van der Waals surface area contributed by atoms with Gasteiger partial charge in [0.2, 0.25) is 0 Å². The van der Waals surface area contributed by atoms with Crippen molar-refractivity contribution in [3.05, 3.63) is 11.8 Å². The summed E-state index contributed by atoms with van der Waals surface area (Å²) in [4.78, 5) is 0. The number of rotatable bonds is 2. The Kier molecular flexibility index (Phi) is 2.27. The predicted octanol–water partition coefficient (Wildman–Crippen LogP) is 2.85. The van der Waals surface area contributed by atoms with Crippen molar-refractivity contribution < 1.29 is 0 Å². The van der Waals surface area contributed by atoms with Gasteiger partial charge in [0.05, 0.1) is 0 Å². The predicted molar refractivity (Wildman–Crippen MR) is 71.9 cm³/mol. The highest BCUT2D eigenvalue weighted by Gasteiger charge is 2.48. The standard InChI is InChI=1S/C15H23N3/c1-9-7-18(17-15(9)16)8-14-12-3-10-2-11(5-12)6-13(14)4-10/h7,10-14H,2-6,8H2,1H3,(H2,16,17). The molecule has 0 amide bonds. The molecule has 0 radical (unpaired) electrons. The van der Waals surface area contributed by atoms with Crippen LogP contribution in [0.2, 0.25) is 0 Å². The van der Waals surface area contributed by atoms with Gasteiger partial charge in [-0.3, -0.25) is 4.68 Å². The molecule has 4 fully saturated rings. The number of aryl methyl sites for hydroxylation is 1. The maximum Gasteiger partial charge on any atom is 0.148 e. The van der Waals surface area contributed by atoms with Crippen molar-refractivity contribution in [3.63, 3.8) is 0 Å². The highest BCUT2D eigenvalue weighted by molar-refractivity contribution is 5.35. The average Bonchev–Trinajstić information content (AvgIpc) is 2.62. The maximum absolute atomic E-state index is 5.86. The molecule has 0 aliphatic heterocycles. The molecule has 2 N–H and O–H groups in total. The molecule has 1 aromatic rings. The number of hydrogen-bond donors (Lipinski definition) is 1. The minimum atomic E-state index is 0.707. The van der Waals surface area contributed by atoms with Crippen LogP contribution in [0.4, 0.5) is 5.82 Å². The Morgan fingerprint density at radius 1 is 1.17 bits per heavy atom. The molecular formula is C15H23N3. The minimum Gasteiger partial charge on any atom is -0.382 e. The van der Waals surface area contributed by atoms with E-state index >= 15 is 0 Å². The van der Waals surface area contributed by atoms with E-state index in [1.807, 2.05) is 0 Å². The molecule has 1 heterocycles. The molecule has 4 aliphatic carbocycles. The van der Waals surface area contributed by atoms with Crippen LogP contribution >= 0.6 is 0 Å². The number of nitrogen functional groups attached to an aromatic ring is 1. The Labute approximate surface area is 109 Å². The largest absolute Gasteiger partial charge is 0.382 e. The van der Waals surface area contributed by atoms with Crippen LogP contribution in [0.25, 0.3) is 0 Å². The third-order valence-corrected chi connectivity index (χ3v) is 5.80. The summed E-state index contributed by atoms with van der Waals surface area (Å²) in [6, 6.07) is 0. The van der Waals surface area contributed by atoms with E-state index in [0.29, 0.717) is 5.82 Å². The van der Waals surface area contributed by atoms with Gasteiger partial charge in [0.1, 0.15) is 5.82 Å². The lowest BCUT2D eigenvalue weighted by Gasteiger charge is -2.54. The second kappa shape index (κ2) is 3.75. The molecule has 0 saturated heterocycles. The maximum atomic E-state index is 5.86. The molecule has 3 nitrogen and oxygen atoms in total. The fourth-order valence-corrected chi connectivity index (χ4v) is 5.18. The van der Waals surface area contributed by atoms with Crippen molar-refractivity contribution in [2.75, 3.05) is 5.73 Å². The fraction of sp³-hybridized carbons (Fsp3) is 0.800. The second-order valence-electron chi connectivity index (χ2n) is 7.01. The van der Waals surface area contributed by atoms with Crippen LogP contribution in [0.1, 0.15) is 37.7 Å². The SMILES string of the molecule is Cc1cn(CC2C3CC4CC(C3)CC2C4)nc1N. The monoisotopic (exact) mass is 245 g/mol. The van der Waals surface area contributed by atoms with E-state index in [0.717, 1.165) is 41.7 Å². The first-order valence-electron chi connectivity index (χ1n) is 7.48. The van der Waals surface area contributed by atoms with Crippen LogP contribution in [-0.2, 0) is 6.54 Å². The van der Waals surface area contributed by atoms with Gasteiger partial charge in [-0.2, -0.15) is 5.10 Å². The topological polar surface area (TPSA) is 43.8 Å². The van der Waals surface area contributed by atoms with E-state index < -0.39 is 0 Å². The summed E-state index contributed by atoms with van der Waals surface area (Å²) in [7, 11) is 0. The van der Waals surface area contributed by atoms with Gasteiger partial charge in [0, 0.05) is 18.3 Å². The van der Waals surface area contributed by atoms with Crippen molar-refractivity contribution >= 4 is 5.82 Å². The highest BCUT2D eigenvalue weighted by Crippen LogP contribution is 2.56. The molecule has 0 spiro atoms. The molecule has 18 heavy (non-hydrogen) atoms. The molecule has 1 aromatic heterocycles. The smallest absolute Gasteiger partial charge is 0.148 e. The van der Waals surface area contributed by atoms with Gasteiger partial charge in [-0.25, -0.2) is 0 Å². The van der Waals surface area contributed by atoms with Crippen molar-refractivity contribution in [2.45, 2.75) is 45.6 Å². The summed E-state index contributed by atoms with van der Waals surface area (Å²) in [5.41, 5.74) is 6.98. The van der Waals surface area contributed by atoms with E-state index in [1.165, 1.54) is 32.1 Å². The Morgan fingerprint density at radius 2 is 1.78 bits per heavy atom. The van der Waals surface area contributed by atoms with Crippen LogP contribution in [0, 0.1) is 36.5 Å². The van der Waals surface area contributed by atoms with E-state index in [2.05, 4.69) is 22.9 Å². The van der Waals surface area contributed by atoms with E-state index in [-0.39, 0.29) is 0 Å². The lowest BCUT2D eigenvalue weighted by atomic mass is 9.52. The normalized spacial score (nSPS) is 41.5. The third-order valence-electron chi connectivity index (χ3n) is 5.80. The number of aromatic nitrogens is 2. The van der Waals surface area contributed by atoms with Crippen molar-refractivity contribution in [1.82, 2.24) is 9.78 Å². The molecule has 5 rings (SSSR count). The summed E-state index contributed by atoms with van der Waals surface area (Å²) in [5.74, 6) is 5.66. The Bertz CT molecular complexity index is 415. The Morgan fingerprint density at radius 3 is 2.28 bits per heavy atom. The molecule has 4 bridgehead atoms. The second-order valence-corrected chi connectivity index (χ2v) is 7.01. The first kappa shape index (κ1) is 10.9. The van der Waals surface area contributed by atoms with Crippen molar-refractivity contribution in [1.29, 1.82) is 0 Å². The van der Waals surface area contributed by atoms with Crippen LogP contribution in [0.3, 0.4) is 0 Å². The van der Waals surface area contributed by atoms with Crippen LogP contribution in [0.5, 0.6) is 0 Å². The zero-order valence-electron chi connectivity index (χ0n) is 11.2. The van der Waals surface area contributed by atoms with Gasteiger partial charge in [0.15, 0.2) is 0 Å². The van der Waals surface area contributed by atoms with Crippen LogP contribution < -0.4 is 5.73 Å². The van der Waals surface area contributed by atoms with E-state index in [4.69, 9.17) is 5.73 Å². The van der Waals surface area contributed by atoms with E-state index in [9.17, 15) is 0 Å². The highest BCUT2D eigenvalue weighted by atomic mass is 15.3. The van der Waals surface area contributed by atoms with Gasteiger partial charge in [-0.05, 0) is 68.6 Å². The Balaban J connectivity index is 1.55. The fourth-order valence-electron chi connectivity index (χ4n) is 5.18. The summed E-state index contributed by atoms with van der Waals surface area (Å²) >= 11 is 0. The lowest BCUT2D eigenvalue weighted by molar-refractivity contribution is -0.0442. The molecule has 0 unspecified atom stereocenters. The first-order valence-corrected chi connectivity index (χ1v) is 7.48. The van der Waals surface area contributed by atoms with Gasteiger partial charge in [-0.15, -0.1) is 0 Å². The average molecular weight is 245 g/mol. The summed E-state index contributed by atoms with van der Waals surface area (Å²) in [6.45, 7) is 3.16. The molecule has 0 aromatic carbocycles. The van der Waals surface area contributed by atoms with Crippen LogP contribution in [0.15, 0.2) is 6.20 Å². The Hall–Kier alpha value is -0.990. The quantitative estimate of drug-likeness (QED) is 0.870. The van der Waals surface area contributed by atoms with Gasteiger partial charge in [0.25, 0.3) is 0 Å². The molecule has 4 aliphatic rings. The molecule has 3 heteroatoms. The molecular weight excluding hydrogens is 222 g/mol. The van der Waals surface area contributed by atoms with E-state index in [1.54, 1.807) is 0 Å². The molecule has 4 saturated carbocycles. The zero-order valence-corrected chi connectivity index (χ0v) is 11.2. The zero-order chi connectivity index (χ0) is 12.3. The number of nitrogens with zero attached hydrogens (tertiary/aromatic N) is 2. The molecule has 0 atom stereocenters. The molecule has 98 valence electrons. The van der Waals surface area contributed by atoms with Crippen molar-refractivity contribution in [3.8, 4) is 0 Å². The minimum absolute atomic E-state index is 0.707. The van der Waals surface area contributed by atoms with Gasteiger partial charge in [-0.1, -0.05) is 0 Å². The number of nitrogens with two attached hydrogens (primary N) is 1. The first-order chi connectivity index (χ1) is 8.69. The lowest BCUT2D eigenvalue weighted by Crippen LogP contribution is -2.46. The van der Waals surface area contributed by atoms with Gasteiger partial charge < -0.3 is 5.73 Å². The summed E-state index contributed by atoms with van der Waals surface area (Å²) < 4.78 is 2.11. The van der Waals surface area contributed by atoms with Gasteiger partial charge >= 0.3 is 0 Å². The summed E-state index contributed by atoms with van der Waals surface area (Å²) in [5, 5.41) is 4.46. The number of hydrogen-bond acceptors (Lipinski definition) is 2. The third kappa shape index (κ3) is 1.59. The van der Waals surface area contributed by atoms with Crippen LogP contribution in [-0.4, -0.2) is 9.78 Å². The van der Waals surface area contributed by atoms with Crippen molar-refractivity contribution in [2.24, 2.45) is 29.6 Å².